The van der Waals surface area contributed by atoms with Gasteiger partial charge < -0.3 is 19.3 Å². The first-order valence-electron chi connectivity index (χ1n) is 13.4. The van der Waals surface area contributed by atoms with E-state index in [4.69, 9.17) is 9.47 Å². The first-order chi connectivity index (χ1) is 18.5. The lowest BCUT2D eigenvalue weighted by Crippen LogP contribution is -2.47. The number of unbranched alkanes of at least 4 members (excludes halogenated alkanes) is 1. The van der Waals surface area contributed by atoms with Gasteiger partial charge in [-0.15, -0.1) is 11.3 Å². The molecule has 202 valence electrons. The molecule has 1 unspecified atom stereocenters. The number of fused-ring (bicyclic) bond motifs is 1. The Morgan fingerprint density at radius 2 is 1.79 bits per heavy atom. The molecule has 1 aliphatic heterocycles. The summed E-state index contributed by atoms with van der Waals surface area (Å²) in [6.45, 7) is 3.82. The summed E-state index contributed by atoms with van der Waals surface area (Å²) >= 11 is 1.74. The number of rotatable bonds is 12. The minimum absolute atomic E-state index is 0.0340. The molecule has 4 rings (SSSR count). The van der Waals surface area contributed by atoms with Crippen molar-refractivity contribution in [2.24, 2.45) is 0 Å². The third-order valence-electron chi connectivity index (χ3n) is 7.13. The number of methoxy groups -OCH3 is 2. The minimum Gasteiger partial charge on any atom is -0.497 e. The summed E-state index contributed by atoms with van der Waals surface area (Å²) in [4.78, 5) is 32.4. The molecule has 0 radical (unpaired) electrons. The number of carbonyl (C=O) groups excluding carboxylic acids is 2. The number of benzene rings is 2. The van der Waals surface area contributed by atoms with Crippen LogP contribution in [0.2, 0.25) is 0 Å². The van der Waals surface area contributed by atoms with Crippen molar-refractivity contribution < 1.29 is 19.1 Å². The summed E-state index contributed by atoms with van der Waals surface area (Å²) in [6.07, 6.45) is 4.76. The Balaban J connectivity index is 1.55. The van der Waals surface area contributed by atoms with Crippen molar-refractivity contribution in [1.82, 2.24) is 9.80 Å². The van der Waals surface area contributed by atoms with Crippen LogP contribution in [0, 0.1) is 0 Å². The molecule has 0 saturated carbocycles. The highest BCUT2D eigenvalue weighted by atomic mass is 32.1. The van der Waals surface area contributed by atoms with E-state index in [1.165, 1.54) is 16.0 Å². The summed E-state index contributed by atoms with van der Waals surface area (Å²) in [6, 6.07) is 17.7. The van der Waals surface area contributed by atoms with Crippen molar-refractivity contribution in [3.8, 4) is 5.75 Å². The molecule has 6 nitrogen and oxygen atoms in total. The van der Waals surface area contributed by atoms with Gasteiger partial charge >= 0.3 is 0 Å². The topological polar surface area (TPSA) is 59.1 Å². The van der Waals surface area contributed by atoms with E-state index in [9.17, 15) is 9.59 Å². The lowest BCUT2D eigenvalue weighted by Gasteiger charge is -2.37. The molecule has 0 aliphatic carbocycles. The van der Waals surface area contributed by atoms with Gasteiger partial charge in [-0.3, -0.25) is 9.59 Å². The largest absolute Gasteiger partial charge is 0.497 e. The Kier molecular flexibility index (Phi) is 9.96. The van der Waals surface area contributed by atoms with E-state index in [0.29, 0.717) is 31.7 Å². The van der Waals surface area contributed by atoms with Gasteiger partial charge in [0, 0.05) is 37.2 Å². The molecule has 2 aromatic carbocycles. The van der Waals surface area contributed by atoms with Gasteiger partial charge in [0.05, 0.1) is 13.2 Å². The third kappa shape index (κ3) is 6.63. The van der Waals surface area contributed by atoms with E-state index < -0.39 is 0 Å². The fourth-order valence-corrected chi connectivity index (χ4v) is 5.92. The Hall–Kier alpha value is -3.16. The number of carbonyl (C=O) groups is 2. The molecule has 2 amide bonds. The van der Waals surface area contributed by atoms with E-state index in [1.54, 1.807) is 30.5 Å². The zero-order chi connectivity index (χ0) is 26.9. The highest BCUT2D eigenvalue weighted by molar-refractivity contribution is 7.10. The minimum atomic E-state index is -0.183. The number of ether oxygens (including phenoxy) is 2. The van der Waals surface area contributed by atoms with Crippen LogP contribution in [0.25, 0.3) is 0 Å². The van der Waals surface area contributed by atoms with Gasteiger partial charge in [-0.05, 0) is 78.1 Å². The summed E-state index contributed by atoms with van der Waals surface area (Å²) in [7, 11) is 3.30. The van der Waals surface area contributed by atoms with Crippen LogP contribution in [0.5, 0.6) is 5.75 Å². The van der Waals surface area contributed by atoms with Crippen LogP contribution < -0.4 is 4.74 Å². The quantitative estimate of drug-likeness (QED) is 0.278. The number of amides is 2. The second-order valence-corrected chi connectivity index (χ2v) is 10.7. The normalized spacial score (nSPS) is 14.7. The van der Waals surface area contributed by atoms with Crippen LogP contribution in [-0.2, 0) is 22.4 Å². The molecule has 0 fully saturated rings. The molecule has 0 saturated heterocycles. The van der Waals surface area contributed by atoms with Gasteiger partial charge in [0.15, 0.2) is 0 Å². The average molecular weight is 535 g/mol. The van der Waals surface area contributed by atoms with E-state index in [2.05, 4.69) is 18.4 Å². The summed E-state index contributed by atoms with van der Waals surface area (Å²) in [5, 5.41) is 2.10. The molecule has 0 spiro atoms. The van der Waals surface area contributed by atoms with Gasteiger partial charge in [-0.25, -0.2) is 0 Å². The van der Waals surface area contributed by atoms with Gasteiger partial charge in [0.1, 0.15) is 12.3 Å². The smallest absolute Gasteiger partial charge is 0.254 e. The predicted molar refractivity (Wildman–Crippen MR) is 152 cm³/mol. The molecule has 1 atom stereocenters. The number of nitrogens with zero attached hydrogens (tertiary/aromatic N) is 2. The Morgan fingerprint density at radius 3 is 2.47 bits per heavy atom. The van der Waals surface area contributed by atoms with Crippen molar-refractivity contribution in [2.75, 3.05) is 40.5 Å². The average Bonchev–Trinajstić information content (AvgIpc) is 3.44. The highest BCUT2D eigenvalue weighted by Gasteiger charge is 2.34. The molecular formula is C31H38N2O4S. The fourth-order valence-electron chi connectivity index (χ4n) is 5.01. The molecule has 0 N–H and O–H groups in total. The maximum Gasteiger partial charge on any atom is 0.254 e. The summed E-state index contributed by atoms with van der Waals surface area (Å²) in [5.41, 5.74) is 4.05. The lowest BCUT2D eigenvalue weighted by molar-refractivity contribution is -0.134. The second-order valence-electron chi connectivity index (χ2n) is 9.69. The first kappa shape index (κ1) is 27.9. The monoisotopic (exact) mass is 534 g/mol. The van der Waals surface area contributed by atoms with Gasteiger partial charge in [-0.2, -0.15) is 0 Å². The summed E-state index contributed by atoms with van der Waals surface area (Å²) in [5.74, 6) is 0.613. The number of hydrogen-bond donors (Lipinski definition) is 0. The van der Waals surface area contributed by atoms with Crippen molar-refractivity contribution in [1.29, 1.82) is 0 Å². The number of aryl methyl sites for hydroxylation is 1. The van der Waals surface area contributed by atoms with Crippen LogP contribution >= 0.6 is 11.3 Å². The zero-order valence-electron chi connectivity index (χ0n) is 22.7. The van der Waals surface area contributed by atoms with E-state index in [-0.39, 0.29) is 24.4 Å². The maximum atomic E-state index is 13.9. The molecule has 0 bridgehead atoms. The molecular weight excluding hydrogens is 496 g/mol. The van der Waals surface area contributed by atoms with E-state index in [0.717, 1.165) is 37.0 Å². The number of hydrogen-bond acceptors (Lipinski definition) is 5. The highest BCUT2D eigenvalue weighted by Crippen LogP contribution is 2.38. The standard InChI is InChI=1S/C31H38N2O4S/c1-4-5-7-23-8-10-25(11-9-23)31(35)32(18-6-20-36-2)22-29(34)33-19-16-28-27(17-21-38-28)30(33)24-12-14-26(37-3)15-13-24/h8-15,17,21,30H,4-7,16,18-20,22H2,1-3H3. The first-order valence-corrected chi connectivity index (χ1v) is 14.3. The molecule has 2 heterocycles. The third-order valence-corrected chi connectivity index (χ3v) is 8.12. The molecule has 3 aromatic rings. The molecule has 1 aromatic heterocycles. The number of thiophene rings is 1. The van der Waals surface area contributed by atoms with E-state index in [1.807, 2.05) is 53.4 Å². The van der Waals surface area contributed by atoms with Gasteiger partial charge in [0.2, 0.25) is 5.91 Å². The SMILES string of the molecule is CCCCc1ccc(C(=O)N(CCCOC)CC(=O)N2CCc3sccc3C2c2ccc(OC)cc2)cc1. The Morgan fingerprint density at radius 1 is 1.03 bits per heavy atom. The van der Waals surface area contributed by atoms with Crippen molar-refractivity contribution in [3.05, 3.63) is 87.1 Å². The second kappa shape index (κ2) is 13.6. The van der Waals surface area contributed by atoms with Gasteiger partial charge in [0.25, 0.3) is 5.91 Å². The van der Waals surface area contributed by atoms with Gasteiger partial charge in [-0.1, -0.05) is 37.6 Å². The van der Waals surface area contributed by atoms with Crippen molar-refractivity contribution >= 4 is 23.2 Å². The molecule has 38 heavy (non-hydrogen) atoms. The maximum absolute atomic E-state index is 13.9. The van der Waals surface area contributed by atoms with Crippen molar-refractivity contribution in [3.63, 3.8) is 0 Å². The Labute approximate surface area is 230 Å². The Bertz CT molecular complexity index is 1190. The van der Waals surface area contributed by atoms with Crippen LogP contribution in [0.3, 0.4) is 0 Å². The van der Waals surface area contributed by atoms with Crippen molar-refractivity contribution in [2.45, 2.75) is 45.1 Å². The molecule has 7 heteroatoms. The predicted octanol–water partition coefficient (Wildman–Crippen LogP) is 5.75. The van der Waals surface area contributed by atoms with Crippen LogP contribution in [0.1, 0.15) is 64.2 Å². The van der Waals surface area contributed by atoms with Crippen LogP contribution in [0.15, 0.2) is 60.0 Å². The van der Waals surface area contributed by atoms with Crippen LogP contribution in [0.4, 0.5) is 0 Å². The van der Waals surface area contributed by atoms with Crippen LogP contribution in [-0.4, -0.2) is 62.1 Å². The van der Waals surface area contributed by atoms with E-state index >= 15 is 0 Å². The lowest BCUT2D eigenvalue weighted by atomic mass is 9.93. The summed E-state index contributed by atoms with van der Waals surface area (Å²) < 4.78 is 10.6. The fraction of sp³-hybridized carbons (Fsp3) is 0.419. The zero-order valence-corrected chi connectivity index (χ0v) is 23.5. The molecule has 1 aliphatic rings.